The summed E-state index contributed by atoms with van der Waals surface area (Å²) in [5, 5.41) is 6.09. The van der Waals surface area contributed by atoms with Gasteiger partial charge in [-0.05, 0) is 12.8 Å². The van der Waals surface area contributed by atoms with E-state index >= 15 is 0 Å². The van der Waals surface area contributed by atoms with Crippen LogP contribution in [-0.4, -0.2) is 33.2 Å². The minimum Gasteiger partial charge on any atom is -0.396 e. The Morgan fingerprint density at radius 3 is 2.33 bits per heavy atom. The van der Waals surface area contributed by atoms with E-state index in [2.05, 4.69) is 10.6 Å². The number of nitrogens with two attached hydrogens (primary N) is 1. The zero-order chi connectivity index (χ0) is 16.4. The van der Waals surface area contributed by atoms with E-state index in [1.807, 2.05) is 20.8 Å². The first kappa shape index (κ1) is 17.8. The summed E-state index contributed by atoms with van der Waals surface area (Å²) in [6.45, 7) is 7.58. The minimum absolute atomic E-state index is 0.0275. The molecule has 0 saturated carbocycles. The molecule has 1 amide bonds. The third-order valence-corrected chi connectivity index (χ3v) is 6.45. The number of rotatable bonds is 6. The molecule has 0 fully saturated rings. The van der Waals surface area contributed by atoms with Gasteiger partial charge in [-0.3, -0.25) is 4.79 Å². The number of nitrogens with one attached hydrogen (secondary N) is 2. The van der Waals surface area contributed by atoms with Gasteiger partial charge in [0.05, 0.1) is 11.4 Å². The van der Waals surface area contributed by atoms with E-state index < -0.39 is 9.84 Å². The van der Waals surface area contributed by atoms with Crippen molar-refractivity contribution in [3.05, 3.63) is 4.88 Å². The molecule has 1 rings (SSSR count). The summed E-state index contributed by atoms with van der Waals surface area (Å²) in [6, 6.07) is 0.0615. The van der Waals surface area contributed by atoms with E-state index in [1.165, 1.54) is 7.05 Å². The minimum atomic E-state index is -3.51. The van der Waals surface area contributed by atoms with E-state index in [-0.39, 0.29) is 33.2 Å². The second-order valence-corrected chi connectivity index (χ2v) is 8.40. The van der Waals surface area contributed by atoms with Gasteiger partial charge in [0.15, 0.2) is 9.84 Å². The Balaban J connectivity index is 3.44. The van der Waals surface area contributed by atoms with Gasteiger partial charge >= 0.3 is 0 Å². The van der Waals surface area contributed by atoms with Gasteiger partial charge in [-0.15, -0.1) is 11.3 Å². The molecule has 0 radical (unpaired) electrons. The van der Waals surface area contributed by atoms with Crippen molar-refractivity contribution in [1.29, 1.82) is 0 Å². The van der Waals surface area contributed by atoms with Crippen LogP contribution in [0.4, 0.5) is 10.7 Å². The van der Waals surface area contributed by atoms with Gasteiger partial charge in [0.2, 0.25) is 0 Å². The summed E-state index contributed by atoms with van der Waals surface area (Å²) < 4.78 is 24.5. The number of carbonyl (C=O) groups is 1. The molecule has 0 aliphatic heterocycles. The smallest absolute Gasteiger partial charge is 0.263 e. The Hall–Kier alpha value is -1.28. The molecule has 6 nitrogen and oxygen atoms in total. The molecule has 4 N–H and O–H groups in total. The van der Waals surface area contributed by atoms with E-state index in [9.17, 15) is 13.2 Å². The van der Waals surface area contributed by atoms with E-state index in [0.717, 1.165) is 11.3 Å². The van der Waals surface area contributed by atoms with E-state index in [4.69, 9.17) is 5.73 Å². The van der Waals surface area contributed by atoms with Gasteiger partial charge in [0, 0.05) is 13.1 Å². The maximum atomic E-state index is 12.3. The van der Waals surface area contributed by atoms with Gasteiger partial charge < -0.3 is 16.4 Å². The van der Waals surface area contributed by atoms with Crippen LogP contribution in [0.2, 0.25) is 0 Å². The third-order valence-electron chi connectivity index (χ3n) is 3.38. The van der Waals surface area contributed by atoms with Crippen molar-refractivity contribution < 1.29 is 13.2 Å². The first-order valence-electron chi connectivity index (χ1n) is 6.79. The Kier molecular flexibility index (Phi) is 5.63. The van der Waals surface area contributed by atoms with Crippen molar-refractivity contribution >= 4 is 37.8 Å². The predicted molar refractivity (Wildman–Crippen MR) is 87.8 cm³/mol. The Labute approximate surface area is 130 Å². The average Bonchev–Trinajstić information content (AvgIpc) is 2.75. The van der Waals surface area contributed by atoms with Crippen LogP contribution in [0.5, 0.6) is 0 Å². The Morgan fingerprint density at radius 2 is 1.90 bits per heavy atom. The van der Waals surface area contributed by atoms with Crippen molar-refractivity contribution in [2.45, 2.75) is 38.6 Å². The zero-order valence-electron chi connectivity index (χ0n) is 13.0. The maximum absolute atomic E-state index is 12.3. The summed E-state index contributed by atoms with van der Waals surface area (Å²) in [6.07, 6.45) is 0. The van der Waals surface area contributed by atoms with Gasteiger partial charge in [-0.1, -0.05) is 20.8 Å². The molecule has 120 valence electrons. The molecule has 0 aliphatic rings. The lowest BCUT2D eigenvalue weighted by molar-refractivity contribution is 0.0968. The number of anilines is 2. The SMILES string of the molecule is CCS(=O)(=O)c1c(NC(C)C(C)C)sc(C(=O)NC)c1N. The van der Waals surface area contributed by atoms with Crippen LogP contribution in [0, 0.1) is 5.92 Å². The van der Waals surface area contributed by atoms with Crippen molar-refractivity contribution in [2.24, 2.45) is 5.92 Å². The van der Waals surface area contributed by atoms with Gasteiger partial charge in [-0.2, -0.15) is 0 Å². The highest BCUT2D eigenvalue weighted by atomic mass is 32.2. The van der Waals surface area contributed by atoms with Gasteiger partial charge in [-0.25, -0.2) is 8.42 Å². The Morgan fingerprint density at radius 1 is 1.33 bits per heavy atom. The summed E-state index contributed by atoms with van der Waals surface area (Å²) in [4.78, 5) is 12.1. The molecule has 1 atom stereocenters. The first-order valence-corrected chi connectivity index (χ1v) is 9.26. The second-order valence-electron chi connectivity index (χ2n) is 5.16. The predicted octanol–water partition coefficient (Wildman–Crippen LogP) is 1.94. The topological polar surface area (TPSA) is 101 Å². The van der Waals surface area contributed by atoms with Crippen molar-refractivity contribution in [3.63, 3.8) is 0 Å². The highest BCUT2D eigenvalue weighted by Gasteiger charge is 2.29. The number of thiophene rings is 1. The molecule has 0 aromatic carbocycles. The Bertz CT molecular complexity index is 621. The quantitative estimate of drug-likeness (QED) is 0.738. The summed E-state index contributed by atoms with van der Waals surface area (Å²) in [5.41, 5.74) is 5.95. The monoisotopic (exact) mass is 333 g/mol. The van der Waals surface area contributed by atoms with Crippen molar-refractivity contribution in [3.8, 4) is 0 Å². The maximum Gasteiger partial charge on any atom is 0.263 e. The summed E-state index contributed by atoms with van der Waals surface area (Å²) >= 11 is 1.08. The number of hydrogen-bond acceptors (Lipinski definition) is 6. The molecule has 1 aromatic rings. The highest BCUT2D eigenvalue weighted by molar-refractivity contribution is 7.91. The fraction of sp³-hybridized carbons (Fsp3) is 0.615. The molecule has 1 heterocycles. The van der Waals surface area contributed by atoms with Crippen LogP contribution in [-0.2, 0) is 9.84 Å². The summed E-state index contributed by atoms with van der Waals surface area (Å²) in [7, 11) is -2.02. The van der Waals surface area contributed by atoms with Crippen molar-refractivity contribution in [2.75, 3.05) is 23.9 Å². The van der Waals surface area contributed by atoms with Crippen LogP contribution in [0.1, 0.15) is 37.4 Å². The summed E-state index contributed by atoms with van der Waals surface area (Å²) in [5.74, 6) is -0.129. The molecule has 0 bridgehead atoms. The molecule has 0 spiro atoms. The zero-order valence-corrected chi connectivity index (χ0v) is 14.6. The van der Waals surface area contributed by atoms with E-state index in [1.54, 1.807) is 6.92 Å². The molecule has 0 saturated heterocycles. The number of nitrogen functional groups attached to an aromatic ring is 1. The highest BCUT2D eigenvalue weighted by Crippen LogP contribution is 2.40. The second kappa shape index (κ2) is 6.65. The molecule has 0 aliphatic carbocycles. The molecule has 21 heavy (non-hydrogen) atoms. The van der Waals surface area contributed by atoms with Gasteiger partial charge in [0.1, 0.15) is 14.8 Å². The van der Waals surface area contributed by atoms with Crippen LogP contribution in [0.15, 0.2) is 4.90 Å². The lowest BCUT2D eigenvalue weighted by Crippen LogP contribution is -2.22. The molecular weight excluding hydrogens is 310 g/mol. The van der Waals surface area contributed by atoms with Crippen LogP contribution in [0.3, 0.4) is 0 Å². The lowest BCUT2D eigenvalue weighted by atomic mass is 10.1. The fourth-order valence-corrected chi connectivity index (χ4v) is 4.33. The van der Waals surface area contributed by atoms with Gasteiger partial charge in [0.25, 0.3) is 5.91 Å². The van der Waals surface area contributed by atoms with Crippen LogP contribution in [0.25, 0.3) is 0 Å². The molecule has 1 aromatic heterocycles. The number of hydrogen-bond donors (Lipinski definition) is 3. The largest absolute Gasteiger partial charge is 0.396 e. The number of amides is 1. The first-order chi connectivity index (χ1) is 9.65. The molecular formula is C13H23N3O3S2. The van der Waals surface area contributed by atoms with Crippen LogP contribution >= 0.6 is 11.3 Å². The average molecular weight is 333 g/mol. The fourth-order valence-electron chi connectivity index (χ4n) is 1.63. The van der Waals surface area contributed by atoms with Crippen molar-refractivity contribution in [1.82, 2.24) is 5.32 Å². The van der Waals surface area contributed by atoms with Crippen LogP contribution < -0.4 is 16.4 Å². The normalized spacial score (nSPS) is 13.2. The standard InChI is InChI=1S/C13H23N3O3S2/c1-6-21(18,19)11-9(14)10(12(17)15-5)20-13(11)16-8(4)7(2)3/h7-8,16H,6,14H2,1-5H3,(H,15,17). The number of sulfone groups is 1. The molecule has 1 unspecified atom stereocenters. The third kappa shape index (κ3) is 3.68. The van der Waals surface area contributed by atoms with E-state index in [0.29, 0.717) is 10.9 Å². The molecule has 8 heteroatoms. The lowest BCUT2D eigenvalue weighted by Gasteiger charge is -2.18. The number of carbonyl (C=O) groups excluding carboxylic acids is 1.